The Morgan fingerprint density at radius 3 is 2.22 bits per heavy atom. The molecule has 0 amide bonds. The van der Waals surface area contributed by atoms with Gasteiger partial charge in [0.25, 0.3) is 0 Å². The van der Waals surface area contributed by atoms with Gasteiger partial charge in [0.15, 0.2) is 0 Å². The van der Waals surface area contributed by atoms with Crippen molar-refractivity contribution in [1.29, 1.82) is 0 Å². The van der Waals surface area contributed by atoms with Gasteiger partial charge in [-0.2, -0.15) is 0 Å². The molecule has 4 nitrogen and oxygen atoms in total. The zero-order valence-corrected chi connectivity index (χ0v) is 11.4. The van der Waals surface area contributed by atoms with E-state index in [9.17, 15) is 5.11 Å². The van der Waals surface area contributed by atoms with Crippen molar-refractivity contribution in [3.05, 3.63) is 24.3 Å². The van der Waals surface area contributed by atoms with E-state index in [2.05, 4.69) is 0 Å². The van der Waals surface area contributed by atoms with Crippen molar-refractivity contribution >= 4 is 0 Å². The lowest BCUT2D eigenvalue weighted by Gasteiger charge is -2.18. The third-order valence-electron chi connectivity index (χ3n) is 2.45. The molecule has 1 rings (SSSR count). The Labute approximate surface area is 109 Å². The Kier molecular flexibility index (Phi) is 6.54. The number of likely N-dealkylation sites (N-methyl/N-ethyl adjacent to an activating group) is 1. The first kappa shape index (κ1) is 14.8. The summed E-state index contributed by atoms with van der Waals surface area (Å²) in [7, 11) is 1.97. The van der Waals surface area contributed by atoms with Crippen molar-refractivity contribution in [2.24, 2.45) is 0 Å². The van der Waals surface area contributed by atoms with Gasteiger partial charge < -0.3 is 19.5 Å². The Morgan fingerprint density at radius 2 is 1.72 bits per heavy atom. The molecule has 1 unspecified atom stereocenters. The van der Waals surface area contributed by atoms with E-state index in [0.717, 1.165) is 18.0 Å². The summed E-state index contributed by atoms with van der Waals surface area (Å²) in [4.78, 5) is 2.04. The van der Waals surface area contributed by atoms with Crippen LogP contribution in [0.25, 0.3) is 0 Å². The molecule has 0 aliphatic heterocycles. The van der Waals surface area contributed by atoms with Crippen molar-refractivity contribution in [3.8, 4) is 11.5 Å². The van der Waals surface area contributed by atoms with Gasteiger partial charge in [-0.05, 0) is 45.2 Å². The first-order valence-corrected chi connectivity index (χ1v) is 6.34. The minimum atomic E-state index is -0.305. The van der Waals surface area contributed by atoms with E-state index in [0.29, 0.717) is 19.8 Å². The molecule has 0 heterocycles. The summed E-state index contributed by atoms with van der Waals surface area (Å²) in [5, 5.41) is 9.22. The van der Waals surface area contributed by atoms with Crippen LogP contribution >= 0.6 is 0 Å². The Hall–Kier alpha value is -1.26. The predicted octanol–water partition coefficient (Wildman–Crippen LogP) is 1.78. The largest absolute Gasteiger partial charge is 0.494 e. The Balaban J connectivity index is 2.26. The fourth-order valence-electron chi connectivity index (χ4n) is 1.66. The van der Waals surface area contributed by atoms with E-state index >= 15 is 0 Å². The molecule has 0 radical (unpaired) electrons. The highest BCUT2D eigenvalue weighted by Gasteiger charge is 2.03. The monoisotopic (exact) mass is 253 g/mol. The smallest absolute Gasteiger partial charge is 0.119 e. The van der Waals surface area contributed by atoms with Gasteiger partial charge in [-0.15, -0.1) is 0 Å². The first-order valence-electron chi connectivity index (χ1n) is 6.34. The molecule has 0 aromatic heterocycles. The second-order valence-electron chi connectivity index (χ2n) is 4.36. The van der Waals surface area contributed by atoms with Crippen molar-refractivity contribution in [1.82, 2.24) is 4.90 Å². The molecule has 18 heavy (non-hydrogen) atoms. The van der Waals surface area contributed by atoms with Crippen LogP contribution in [0.1, 0.15) is 13.8 Å². The average Bonchev–Trinajstić information content (AvgIpc) is 2.31. The van der Waals surface area contributed by atoms with Crippen LogP contribution in [0, 0.1) is 0 Å². The van der Waals surface area contributed by atoms with Gasteiger partial charge >= 0.3 is 0 Å². The third kappa shape index (κ3) is 5.89. The highest BCUT2D eigenvalue weighted by molar-refractivity contribution is 5.31. The zero-order chi connectivity index (χ0) is 13.4. The quantitative estimate of drug-likeness (QED) is 0.767. The summed E-state index contributed by atoms with van der Waals surface area (Å²) < 4.78 is 11.0. The number of hydrogen-bond donors (Lipinski definition) is 1. The van der Waals surface area contributed by atoms with E-state index < -0.39 is 0 Å². The normalized spacial score (nSPS) is 12.5. The van der Waals surface area contributed by atoms with Gasteiger partial charge in [0, 0.05) is 13.1 Å². The second-order valence-corrected chi connectivity index (χ2v) is 4.36. The van der Waals surface area contributed by atoms with E-state index in [1.807, 2.05) is 43.1 Å². The van der Waals surface area contributed by atoms with E-state index in [-0.39, 0.29) is 6.10 Å². The predicted molar refractivity (Wildman–Crippen MR) is 72.3 cm³/mol. The highest BCUT2D eigenvalue weighted by atomic mass is 16.5. The van der Waals surface area contributed by atoms with Gasteiger partial charge in [-0.25, -0.2) is 0 Å². The molecule has 0 aliphatic rings. The van der Waals surface area contributed by atoms with Crippen LogP contribution in [-0.4, -0.2) is 49.5 Å². The van der Waals surface area contributed by atoms with Crippen LogP contribution < -0.4 is 9.47 Å². The summed E-state index contributed by atoms with van der Waals surface area (Å²) >= 11 is 0. The maximum Gasteiger partial charge on any atom is 0.119 e. The minimum absolute atomic E-state index is 0.305. The topological polar surface area (TPSA) is 41.9 Å². The Bertz CT molecular complexity index is 324. The van der Waals surface area contributed by atoms with E-state index in [1.54, 1.807) is 6.92 Å². The molecular formula is C14H23NO3. The number of aliphatic hydroxyl groups excluding tert-OH is 1. The lowest BCUT2D eigenvalue weighted by Crippen LogP contribution is -2.30. The van der Waals surface area contributed by atoms with E-state index in [4.69, 9.17) is 9.47 Å². The fraction of sp³-hybridized carbons (Fsp3) is 0.571. The number of ether oxygens (including phenoxy) is 2. The zero-order valence-electron chi connectivity index (χ0n) is 11.4. The van der Waals surface area contributed by atoms with Crippen LogP contribution in [0.15, 0.2) is 24.3 Å². The maximum atomic E-state index is 9.22. The third-order valence-corrected chi connectivity index (χ3v) is 2.45. The van der Waals surface area contributed by atoms with Gasteiger partial charge in [0.2, 0.25) is 0 Å². The number of benzene rings is 1. The van der Waals surface area contributed by atoms with Gasteiger partial charge in [0.1, 0.15) is 18.1 Å². The minimum Gasteiger partial charge on any atom is -0.494 e. The molecular weight excluding hydrogens is 230 g/mol. The molecule has 0 bridgehead atoms. The molecule has 0 saturated carbocycles. The van der Waals surface area contributed by atoms with Crippen molar-refractivity contribution < 1.29 is 14.6 Å². The molecule has 4 heteroatoms. The molecule has 1 aromatic carbocycles. The van der Waals surface area contributed by atoms with Gasteiger partial charge in [-0.3, -0.25) is 0 Å². The molecule has 102 valence electrons. The number of nitrogens with zero attached hydrogens (tertiary/aromatic N) is 1. The molecule has 1 atom stereocenters. The molecule has 0 aliphatic carbocycles. The standard InChI is InChI=1S/C14H23NO3/c1-4-17-13-5-7-14(8-6-13)18-10-9-15(3)11-12(2)16/h5-8,12,16H,4,9-11H2,1-3H3. The average molecular weight is 253 g/mol. The molecule has 1 N–H and O–H groups in total. The van der Waals surface area contributed by atoms with Gasteiger partial charge in [0.05, 0.1) is 12.7 Å². The van der Waals surface area contributed by atoms with Crippen LogP contribution in [0.3, 0.4) is 0 Å². The van der Waals surface area contributed by atoms with Crippen LogP contribution in [-0.2, 0) is 0 Å². The van der Waals surface area contributed by atoms with Crippen LogP contribution in [0.2, 0.25) is 0 Å². The fourth-order valence-corrected chi connectivity index (χ4v) is 1.66. The van der Waals surface area contributed by atoms with Crippen molar-refractivity contribution in [3.63, 3.8) is 0 Å². The first-order chi connectivity index (χ1) is 8.61. The summed E-state index contributed by atoms with van der Waals surface area (Å²) in [5.41, 5.74) is 0. The highest BCUT2D eigenvalue weighted by Crippen LogP contribution is 2.17. The number of aliphatic hydroxyl groups is 1. The van der Waals surface area contributed by atoms with Crippen LogP contribution in [0.4, 0.5) is 0 Å². The number of hydrogen-bond acceptors (Lipinski definition) is 4. The van der Waals surface area contributed by atoms with Crippen LogP contribution in [0.5, 0.6) is 11.5 Å². The summed E-state index contributed by atoms with van der Waals surface area (Å²) in [5.74, 6) is 1.69. The summed E-state index contributed by atoms with van der Waals surface area (Å²) in [6, 6.07) is 7.61. The van der Waals surface area contributed by atoms with Crippen molar-refractivity contribution in [2.45, 2.75) is 20.0 Å². The molecule has 0 spiro atoms. The maximum absolute atomic E-state index is 9.22. The molecule has 1 aromatic rings. The number of rotatable bonds is 8. The second kappa shape index (κ2) is 7.95. The lowest BCUT2D eigenvalue weighted by atomic mass is 10.3. The molecule has 0 fully saturated rings. The Morgan fingerprint density at radius 1 is 1.17 bits per heavy atom. The lowest BCUT2D eigenvalue weighted by molar-refractivity contribution is 0.131. The van der Waals surface area contributed by atoms with Crippen molar-refractivity contribution in [2.75, 3.05) is 33.4 Å². The van der Waals surface area contributed by atoms with E-state index in [1.165, 1.54) is 0 Å². The summed E-state index contributed by atoms with van der Waals surface area (Å²) in [6.45, 7) is 6.47. The molecule has 0 saturated heterocycles. The SMILES string of the molecule is CCOc1ccc(OCCN(C)CC(C)O)cc1. The van der Waals surface area contributed by atoms with Gasteiger partial charge in [-0.1, -0.05) is 0 Å². The summed E-state index contributed by atoms with van der Waals surface area (Å²) in [6.07, 6.45) is -0.305.